The number of hydrogen-bond acceptors (Lipinski definition) is 5. The molecule has 0 amide bonds. The van der Waals surface area contributed by atoms with Crippen molar-refractivity contribution in [3.63, 3.8) is 0 Å². The molecule has 1 heterocycles. The minimum Gasteiger partial charge on any atom is -0.308 e. The first-order chi connectivity index (χ1) is 9.84. The van der Waals surface area contributed by atoms with Gasteiger partial charge in [-0.2, -0.15) is 0 Å². The van der Waals surface area contributed by atoms with E-state index in [0.717, 1.165) is 11.1 Å². The molecule has 2 rings (SSSR count). The van der Waals surface area contributed by atoms with E-state index in [0.29, 0.717) is 11.5 Å². The Morgan fingerprint density at radius 1 is 1.14 bits per heavy atom. The zero-order valence-corrected chi connectivity index (χ0v) is 13.0. The van der Waals surface area contributed by atoms with Crippen LogP contribution >= 0.6 is 0 Å². The lowest BCUT2D eigenvalue weighted by Crippen LogP contribution is -2.27. The number of nitrogen functional groups attached to an aromatic ring is 1. The highest BCUT2D eigenvalue weighted by molar-refractivity contribution is 7.92. The molecule has 112 valence electrons. The molecule has 1 aromatic carbocycles. The molecular formula is C14H18N4O2S. The van der Waals surface area contributed by atoms with E-state index in [-0.39, 0.29) is 4.90 Å². The van der Waals surface area contributed by atoms with Crippen LogP contribution < -0.4 is 15.6 Å². The monoisotopic (exact) mass is 306 g/mol. The van der Waals surface area contributed by atoms with Gasteiger partial charge >= 0.3 is 0 Å². The molecule has 0 aliphatic heterocycles. The fourth-order valence-electron chi connectivity index (χ4n) is 2.08. The van der Waals surface area contributed by atoms with Gasteiger partial charge in [-0.15, -0.1) is 0 Å². The number of rotatable bonds is 4. The maximum Gasteiger partial charge on any atom is 0.264 e. The van der Waals surface area contributed by atoms with Gasteiger partial charge < -0.3 is 5.43 Å². The Balaban J connectivity index is 2.47. The lowest BCUT2D eigenvalue weighted by Gasteiger charge is -2.20. The van der Waals surface area contributed by atoms with Crippen LogP contribution in [0.1, 0.15) is 11.1 Å². The molecule has 0 saturated carbocycles. The summed E-state index contributed by atoms with van der Waals surface area (Å²) in [6.45, 7) is 3.86. The van der Waals surface area contributed by atoms with E-state index in [4.69, 9.17) is 5.84 Å². The van der Waals surface area contributed by atoms with Gasteiger partial charge in [0.2, 0.25) is 0 Å². The second-order valence-electron chi connectivity index (χ2n) is 4.84. The predicted molar refractivity (Wildman–Crippen MR) is 83.6 cm³/mol. The third kappa shape index (κ3) is 3.14. The van der Waals surface area contributed by atoms with Gasteiger partial charge in [0.25, 0.3) is 10.0 Å². The fraction of sp³-hybridized carbons (Fsp3) is 0.214. The molecule has 0 atom stereocenters. The van der Waals surface area contributed by atoms with Gasteiger partial charge in [0.15, 0.2) is 0 Å². The Morgan fingerprint density at radius 2 is 1.76 bits per heavy atom. The van der Waals surface area contributed by atoms with Crippen molar-refractivity contribution in [1.82, 2.24) is 4.98 Å². The Morgan fingerprint density at radius 3 is 2.33 bits per heavy atom. The normalized spacial score (nSPS) is 11.2. The highest BCUT2D eigenvalue weighted by Crippen LogP contribution is 2.24. The number of benzene rings is 1. The van der Waals surface area contributed by atoms with Gasteiger partial charge in [0.05, 0.1) is 10.6 Å². The average molecular weight is 306 g/mol. The summed E-state index contributed by atoms with van der Waals surface area (Å²) in [6.07, 6.45) is 1.40. The molecule has 2 aromatic rings. The molecule has 0 radical (unpaired) electrons. The standard InChI is InChI=1S/C14H18N4O2S/c1-10-6-11(2)8-12(7-10)18(3)21(19,20)13-4-5-16-14(9-13)17-15/h4-9H,15H2,1-3H3,(H,16,17). The van der Waals surface area contributed by atoms with Crippen LogP contribution in [0.15, 0.2) is 41.4 Å². The first kappa shape index (κ1) is 15.3. The first-order valence-corrected chi connectivity index (χ1v) is 7.78. The maximum atomic E-state index is 12.7. The molecule has 0 fully saturated rings. The Labute approximate surface area is 124 Å². The van der Waals surface area contributed by atoms with Crippen LogP contribution in [0.2, 0.25) is 0 Å². The Hall–Kier alpha value is -2.12. The summed E-state index contributed by atoms with van der Waals surface area (Å²) in [5.41, 5.74) is 4.97. The molecule has 0 saturated heterocycles. The molecule has 0 bridgehead atoms. The molecule has 0 aliphatic carbocycles. The lowest BCUT2D eigenvalue weighted by atomic mass is 10.1. The lowest BCUT2D eigenvalue weighted by molar-refractivity contribution is 0.594. The average Bonchev–Trinajstić information content (AvgIpc) is 2.45. The SMILES string of the molecule is Cc1cc(C)cc(N(C)S(=O)(=O)c2ccnc(NN)c2)c1. The molecule has 6 nitrogen and oxygen atoms in total. The number of pyridine rings is 1. The zero-order valence-electron chi connectivity index (χ0n) is 12.2. The minimum atomic E-state index is -3.66. The second-order valence-corrected chi connectivity index (χ2v) is 6.81. The molecule has 1 aromatic heterocycles. The van der Waals surface area contributed by atoms with E-state index in [9.17, 15) is 8.42 Å². The number of hydrazine groups is 1. The van der Waals surface area contributed by atoms with Gasteiger partial charge in [-0.05, 0) is 43.2 Å². The van der Waals surface area contributed by atoms with Crippen LogP contribution in [0.4, 0.5) is 11.5 Å². The summed E-state index contributed by atoms with van der Waals surface area (Å²) in [5, 5.41) is 0. The van der Waals surface area contributed by atoms with E-state index in [2.05, 4.69) is 10.4 Å². The van der Waals surface area contributed by atoms with Crippen molar-refractivity contribution < 1.29 is 8.42 Å². The maximum absolute atomic E-state index is 12.7. The zero-order chi connectivity index (χ0) is 15.6. The van der Waals surface area contributed by atoms with E-state index in [1.807, 2.05) is 32.0 Å². The molecule has 7 heteroatoms. The molecule has 3 N–H and O–H groups in total. The third-order valence-electron chi connectivity index (χ3n) is 3.11. The van der Waals surface area contributed by atoms with Crippen molar-refractivity contribution in [1.29, 1.82) is 0 Å². The summed E-state index contributed by atoms with van der Waals surface area (Å²) in [4.78, 5) is 4.04. The molecule has 0 aliphatic rings. The Bertz CT molecular complexity index is 739. The molecular weight excluding hydrogens is 288 g/mol. The predicted octanol–water partition coefficient (Wildman–Crippen LogP) is 1.81. The van der Waals surface area contributed by atoms with Crippen molar-refractivity contribution in [2.45, 2.75) is 18.7 Å². The largest absolute Gasteiger partial charge is 0.308 e. The van der Waals surface area contributed by atoms with Crippen LogP contribution in [0.25, 0.3) is 0 Å². The highest BCUT2D eigenvalue weighted by atomic mass is 32.2. The second kappa shape index (κ2) is 5.71. The number of hydrogen-bond donors (Lipinski definition) is 2. The molecule has 0 unspecified atom stereocenters. The van der Waals surface area contributed by atoms with Crippen LogP contribution in [0, 0.1) is 13.8 Å². The number of anilines is 2. The number of nitrogens with zero attached hydrogens (tertiary/aromatic N) is 2. The summed E-state index contributed by atoms with van der Waals surface area (Å²) < 4.78 is 26.6. The van der Waals surface area contributed by atoms with Crippen LogP contribution in [0.5, 0.6) is 0 Å². The van der Waals surface area contributed by atoms with Gasteiger partial charge in [-0.25, -0.2) is 19.2 Å². The van der Waals surface area contributed by atoms with E-state index < -0.39 is 10.0 Å². The van der Waals surface area contributed by atoms with Crippen LogP contribution in [0.3, 0.4) is 0 Å². The van der Waals surface area contributed by atoms with Gasteiger partial charge in [-0.3, -0.25) is 4.31 Å². The van der Waals surface area contributed by atoms with Crippen molar-refractivity contribution in [2.75, 3.05) is 16.8 Å². The number of aromatic nitrogens is 1. The van der Waals surface area contributed by atoms with E-state index in [1.54, 1.807) is 0 Å². The van der Waals surface area contributed by atoms with Crippen LogP contribution in [-0.4, -0.2) is 20.4 Å². The van der Waals surface area contributed by atoms with Gasteiger partial charge in [0, 0.05) is 19.3 Å². The van der Waals surface area contributed by atoms with E-state index >= 15 is 0 Å². The Kier molecular flexibility index (Phi) is 4.15. The number of nitrogens with two attached hydrogens (primary N) is 1. The van der Waals surface area contributed by atoms with Gasteiger partial charge in [0.1, 0.15) is 5.82 Å². The third-order valence-corrected chi connectivity index (χ3v) is 4.89. The van der Waals surface area contributed by atoms with E-state index in [1.165, 1.54) is 29.7 Å². The number of aryl methyl sites for hydroxylation is 2. The smallest absolute Gasteiger partial charge is 0.264 e. The summed E-state index contributed by atoms with van der Waals surface area (Å²) in [5.74, 6) is 5.56. The van der Waals surface area contributed by atoms with Gasteiger partial charge in [-0.1, -0.05) is 6.07 Å². The summed E-state index contributed by atoms with van der Waals surface area (Å²) in [6, 6.07) is 8.48. The first-order valence-electron chi connectivity index (χ1n) is 6.34. The quantitative estimate of drug-likeness (QED) is 0.664. The summed E-state index contributed by atoms with van der Waals surface area (Å²) >= 11 is 0. The van der Waals surface area contributed by atoms with Crippen molar-refractivity contribution >= 4 is 21.5 Å². The van der Waals surface area contributed by atoms with Crippen molar-refractivity contribution in [3.8, 4) is 0 Å². The molecule has 21 heavy (non-hydrogen) atoms. The number of nitrogens with one attached hydrogen (secondary N) is 1. The van der Waals surface area contributed by atoms with Crippen LogP contribution in [-0.2, 0) is 10.0 Å². The fourth-order valence-corrected chi connectivity index (χ4v) is 3.27. The van der Waals surface area contributed by atoms with Crippen molar-refractivity contribution in [2.24, 2.45) is 5.84 Å². The highest BCUT2D eigenvalue weighted by Gasteiger charge is 2.22. The minimum absolute atomic E-state index is 0.132. The number of sulfonamides is 1. The van der Waals surface area contributed by atoms with Crippen molar-refractivity contribution in [3.05, 3.63) is 47.7 Å². The topological polar surface area (TPSA) is 88.3 Å². The summed E-state index contributed by atoms with van der Waals surface area (Å²) in [7, 11) is -2.13. The molecule has 0 spiro atoms.